The summed E-state index contributed by atoms with van der Waals surface area (Å²) in [5, 5.41) is 0. The molecule has 1 atom stereocenters. The number of para-hydroxylation sites is 2. The van der Waals surface area contributed by atoms with Crippen LogP contribution in [0.25, 0.3) is 11.0 Å². The molecule has 0 aliphatic carbocycles. The lowest BCUT2D eigenvalue weighted by Gasteiger charge is -2.27. The Balaban J connectivity index is 1.65. The van der Waals surface area contributed by atoms with Gasteiger partial charge in [0, 0.05) is 37.7 Å². The minimum atomic E-state index is -0.0585. The third-order valence-electron chi connectivity index (χ3n) is 6.30. The summed E-state index contributed by atoms with van der Waals surface area (Å²) in [5.74, 6) is 1.77. The molecule has 1 fully saturated rings. The van der Waals surface area contributed by atoms with E-state index in [2.05, 4.69) is 27.7 Å². The minimum Gasteiger partial charge on any atom is -0.341 e. The highest BCUT2D eigenvalue weighted by Gasteiger charge is 2.35. The Morgan fingerprint density at radius 3 is 2.44 bits per heavy atom. The van der Waals surface area contributed by atoms with Crippen LogP contribution in [0.15, 0.2) is 48.5 Å². The second-order valence-corrected chi connectivity index (χ2v) is 10.4. The van der Waals surface area contributed by atoms with E-state index in [0.29, 0.717) is 24.8 Å². The summed E-state index contributed by atoms with van der Waals surface area (Å²) in [6.07, 6.45) is 0.396. The fraction of sp³-hybridized carbons (Fsp3) is 0.464. The van der Waals surface area contributed by atoms with Crippen molar-refractivity contribution in [1.29, 1.82) is 0 Å². The van der Waals surface area contributed by atoms with Crippen molar-refractivity contribution < 1.29 is 9.59 Å². The van der Waals surface area contributed by atoms with Crippen LogP contribution in [-0.2, 0) is 16.1 Å². The number of rotatable bonds is 8. The lowest BCUT2D eigenvalue weighted by atomic mass is 10.1. The van der Waals surface area contributed by atoms with Gasteiger partial charge in [0.15, 0.2) is 0 Å². The molecule has 4 rings (SSSR count). The molecule has 0 N–H and O–H groups in total. The van der Waals surface area contributed by atoms with Crippen LogP contribution < -0.4 is 4.90 Å². The maximum absolute atomic E-state index is 13.5. The summed E-state index contributed by atoms with van der Waals surface area (Å²) < 4.78 is 2.04. The standard InChI is InChI=1S/C28H36N4O2/c1-19(2)15-30(16-20(3)4)27(34)18-32-25-12-7-6-11-24(25)29-28(32)22-14-26(33)31(17-22)23-10-8-9-21(5)13-23/h6-13,19-20,22H,14-18H2,1-5H3/t22-/m1/s1. The van der Waals surface area contributed by atoms with E-state index in [9.17, 15) is 9.59 Å². The number of amides is 2. The van der Waals surface area contributed by atoms with Gasteiger partial charge in [-0.3, -0.25) is 9.59 Å². The van der Waals surface area contributed by atoms with Crippen LogP contribution in [0.4, 0.5) is 5.69 Å². The zero-order valence-corrected chi connectivity index (χ0v) is 21.0. The normalized spacial score (nSPS) is 16.3. The van der Waals surface area contributed by atoms with Crippen molar-refractivity contribution in [2.45, 2.75) is 53.5 Å². The van der Waals surface area contributed by atoms with Crippen LogP contribution in [0.3, 0.4) is 0 Å². The number of anilines is 1. The molecule has 2 aromatic carbocycles. The molecule has 0 spiro atoms. The van der Waals surface area contributed by atoms with E-state index in [0.717, 1.165) is 41.2 Å². The molecule has 180 valence electrons. The highest BCUT2D eigenvalue weighted by molar-refractivity contribution is 5.96. The SMILES string of the molecule is Cc1cccc(N2C[C@H](c3nc4ccccc4n3CC(=O)N(CC(C)C)CC(C)C)CC2=O)c1. The van der Waals surface area contributed by atoms with Crippen LogP contribution in [0.2, 0.25) is 0 Å². The van der Waals surface area contributed by atoms with Crippen molar-refractivity contribution >= 4 is 28.5 Å². The summed E-state index contributed by atoms with van der Waals surface area (Å²) in [7, 11) is 0. The van der Waals surface area contributed by atoms with Crippen LogP contribution >= 0.6 is 0 Å². The number of carbonyl (C=O) groups is 2. The van der Waals surface area contributed by atoms with E-state index >= 15 is 0 Å². The second-order valence-electron chi connectivity index (χ2n) is 10.4. The van der Waals surface area contributed by atoms with Gasteiger partial charge in [0.2, 0.25) is 11.8 Å². The molecule has 6 nitrogen and oxygen atoms in total. The summed E-state index contributed by atoms with van der Waals surface area (Å²) in [6.45, 7) is 12.9. The van der Waals surface area contributed by atoms with Crippen LogP contribution in [0.5, 0.6) is 0 Å². The van der Waals surface area contributed by atoms with Gasteiger partial charge in [-0.25, -0.2) is 4.98 Å². The number of imidazole rings is 1. The lowest BCUT2D eigenvalue weighted by molar-refractivity contribution is -0.132. The fourth-order valence-corrected chi connectivity index (χ4v) is 4.89. The average Bonchev–Trinajstić information content (AvgIpc) is 3.33. The van der Waals surface area contributed by atoms with Gasteiger partial charge >= 0.3 is 0 Å². The average molecular weight is 461 g/mol. The number of fused-ring (bicyclic) bond motifs is 1. The maximum Gasteiger partial charge on any atom is 0.242 e. The first kappa shape index (κ1) is 24.0. The molecule has 3 aromatic rings. The van der Waals surface area contributed by atoms with Crippen LogP contribution in [0.1, 0.15) is 51.4 Å². The van der Waals surface area contributed by atoms with E-state index in [1.807, 2.05) is 69.8 Å². The Hall–Kier alpha value is -3.15. The third-order valence-corrected chi connectivity index (χ3v) is 6.30. The maximum atomic E-state index is 13.5. The first-order chi connectivity index (χ1) is 16.2. The molecule has 1 aliphatic rings. The Labute approximate surface area is 202 Å². The van der Waals surface area contributed by atoms with Crippen molar-refractivity contribution in [2.24, 2.45) is 11.8 Å². The minimum absolute atomic E-state index is 0.0585. The second kappa shape index (κ2) is 10.00. The molecule has 1 aliphatic heterocycles. The van der Waals surface area contributed by atoms with Crippen molar-refractivity contribution in [3.8, 4) is 0 Å². The number of hydrogen-bond acceptors (Lipinski definition) is 3. The van der Waals surface area contributed by atoms with Gasteiger partial charge in [-0.2, -0.15) is 0 Å². The summed E-state index contributed by atoms with van der Waals surface area (Å²) in [4.78, 5) is 35.2. The van der Waals surface area contributed by atoms with E-state index in [-0.39, 0.29) is 24.3 Å². The largest absolute Gasteiger partial charge is 0.341 e. The number of benzene rings is 2. The fourth-order valence-electron chi connectivity index (χ4n) is 4.89. The zero-order valence-electron chi connectivity index (χ0n) is 21.0. The molecular weight excluding hydrogens is 424 g/mol. The monoisotopic (exact) mass is 460 g/mol. The highest BCUT2D eigenvalue weighted by Crippen LogP contribution is 2.33. The Morgan fingerprint density at radius 1 is 1.06 bits per heavy atom. The molecule has 0 radical (unpaired) electrons. The smallest absolute Gasteiger partial charge is 0.242 e. The molecular formula is C28H36N4O2. The van der Waals surface area contributed by atoms with Crippen molar-refractivity contribution in [3.63, 3.8) is 0 Å². The molecule has 0 bridgehead atoms. The van der Waals surface area contributed by atoms with Gasteiger partial charge < -0.3 is 14.4 Å². The van der Waals surface area contributed by atoms with Gasteiger partial charge in [0.1, 0.15) is 12.4 Å². The van der Waals surface area contributed by atoms with Crippen molar-refractivity contribution in [1.82, 2.24) is 14.5 Å². The highest BCUT2D eigenvalue weighted by atomic mass is 16.2. The molecule has 34 heavy (non-hydrogen) atoms. The summed E-state index contributed by atoms with van der Waals surface area (Å²) in [5.41, 5.74) is 3.86. The van der Waals surface area contributed by atoms with Crippen LogP contribution in [0, 0.1) is 18.8 Å². The topological polar surface area (TPSA) is 58.4 Å². The van der Waals surface area contributed by atoms with E-state index in [1.54, 1.807) is 0 Å². The first-order valence-electron chi connectivity index (χ1n) is 12.3. The van der Waals surface area contributed by atoms with Gasteiger partial charge in [-0.15, -0.1) is 0 Å². The van der Waals surface area contributed by atoms with Crippen LogP contribution in [-0.4, -0.2) is 45.9 Å². The molecule has 1 aromatic heterocycles. The Bertz CT molecular complexity index is 1170. The van der Waals surface area contributed by atoms with Gasteiger partial charge in [0.25, 0.3) is 0 Å². The predicted molar refractivity (Wildman–Crippen MR) is 137 cm³/mol. The third kappa shape index (κ3) is 5.16. The molecule has 0 unspecified atom stereocenters. The van der Waals surface area contributed by atoms with Gasteiger partial charge in [-0.1, -0.05) is 52.0 Å². The lowest BCUT2D eigenvalue weighted by Crippen LogP contribution is -2.39. The van der Waals surface area contributed by atoms with E-state index in [4.69, 9.17) is 4.98 Å². The molecule has 1 saturated heterocycles. The number of aryl methyl sites for hydroxylation is 1. The quantitative estimate of drug-likeness (QED) is 0.475. The van der Waals surface area contributed by atoms with Gasteiger partial charge in [-0.05, 0) is 48.6 Å². The zero-order chi connectivity index (χ0) is 24.4. The van der Waals surface area contributed by atoms with E-state index < -0.39 is 0 Å². The number of carbonyl (C=O) groups excluding carboxylic acids is 2. The number of hydrogen-bond donors (Lipinski definition) is 0. The predicted octanol–water partition coefficient (Wildman–Crippen LogP) is 5.01. The molecule has 2 heterocycles. The van der Waals surface area contributed by atoms with Gasteiger partial charge in [0.05, 0.1) is 11.0 Å². The summed E-state index contributed by atoms with van der Waals surface area (Å²) in [6, 6.07) is 16.0. The summed E-state index contributed by atoms with van der Waals surface area (Å²) >= 11 is 0. The van der Waals surface area contributed by atoms with Crippen molar-refractivity contribution in [2.75, 3.05) is 24.5 Å². The molecule has 0 saturated carbocycles. The number of aromatic nitrogens is 2. The molecule has 2 amide bonds. The first-order valence-corrected chi connectivity index (χ1v) is 12.3. The Morgan fingerprint density at radius 2 is 1.76 bits per heavy atom. The van der Waals surface area contributed by atoms with Crippen molar-refractivity contribution in [3.05, 3.63) is 59.9 Å². The number of nitrogens with zero attached hydrogens (tertiary/aromatic N) is 4. The molecule has 6 heteroatoms. The van der Waals surface area contributed by atoms with E-state index in [1.165, 1.54) is 0 Å². The Kier molecular flexibility index (Phi) is 7.05.